The predicted molar refractivity (Wildman–Crippen MR) is 90.7 cm³/mol. The molecular weight excluding hydrogens is 302 g/mol. The van der Waals surface area contributed by atoms with Gasteiger partial charge in [-0.1, -0.05) is 30.3 Å². The summed E-state index contributed by atoms with van der Waals surface area (Å²) < 4.78 is 1.98. The largest absolute Gasteiger partial charge is 0.335 e. The van der Waals surface area contributed by atoms with Crippen LogP contribution in [-0.4, -0.2) is 44.8 Å². The lowest BCUT2D eigenvalue weighted by atomic mass is 9.96. The molecule has 1 aliphatic carbocycles. The molecule has 1 saturated carbocycles. The van der Waals surface area contributed by atoms with Crippen molar-refractivity contribution in [3.63, 3.8) is 0 Å². The minimum Gasteiger partial charge on any atom is -0.335 e. The van der Waals surface area contributed by atoms with Crippen LogP contribution in [0.5, 0.6) is 0 Å². The van der Waals surface area contributed by atoms with Gasteiger partial charge in [0.05, 0.1) is 0 Å². The topological polar surface area (TPSA) is 63.1 Å². The third kappa shape index (κ3) is 3.00. The second-order valence-electron chi connectivity index (χ2n) is 6.87. The molecule has 1 saturated heterocycles. The van der Waals surface area contributed by atoms with Crippen molar-refractivity contribution in [1.29, 1.82) is 0 Å². The zero-order valence-electron chi connectivity index (χ0n) is 13.9. The standard InChI is InChI=1S/C18H23N5O/c1-22-12-19-21-17(22)14-7-9-23(10-8-14)18(24)20-16-11-15(16)13-5-3-2-4-6-13/h2-6,12,14-16H,7-11H2,1H3,(H,20,24)/t15-,16+/m0/s1. The first-order valence-electron chi connectivity index (χ1n) is 8.66. The van der Waals surface area contributed by atoms with Gasteiger partial charge in [-0.2, -0.15) is 0 Å². The lowest BCUT2D eigenvalue weighted by molar-refractivity contribution is 0.179. The highest BCUT2D eigenvalue weighted by Crippen LogP contribution is 2.40. The Balaban J connectivity index is 1.28. The van der Waals surface area contributed by atoms with Crippen LogP contribution in [-0.2, 0) is 7.05 Å². The summed E-state index contributed by atoms with van der Waals surface area (Å²) in [5, 5.41) is 11.3. The first kappa shape index (κ1) is 15.2. The molecule has 24 heavy (non-hydrogen) atoms. The van der Waals surface area contributed by atoms with E-state index in [4.69, 9.17) is 0 Å². The molecule has 0 bridgehead atoms. The quantitative estimate of drug-likeness (QED) is 0.941. The van der Waals surface area contributed by atoms with Crippen LogP contribution in [0.2, 0.25) is 0 Å². The van der Waals surface area contributed by atoms with Crippen molar-refractivity contribution in [3.8, 4) is 0 Å². The van der Waals surface area contributed by atoms with Crippen LogP contribution in [0, 0.1) is 0 Å². The van der Waals surface area contributed by atoms with Crippen LogP contribution in [0.4, 0.5) is 4.79 Å². The third-order valence-electron chi connectivity index (χ3n) is 5.22. The van der Waals surface area contributed by atoms with E-state index in [-0.39, 0.29) is 12.1 Å². The van der Waals surface area contributed by atoms with Crippen LogP contribution in [0.25, 0.3) is 0 Å². The van der Waals surface area contributed by atoms with E-state index in [1.807, 2.05) is 22.6 Å². The highest BCUT2D eigenvalue weighted by atomic mass is 16.2. The lowest BCUT2D eigenvalue weighted by Crippen LogP contribution is -2.45. The van der Waals surface area contributed by atoms with Gasteiger partial charge in [0.2, 0.25) is 0 Å². The van der Waals surface area contributed by atoms with Crippen LogP contribution in [0.1, 0.15) is 42.5 Å². The molecule has 2 amide bonds. The van der Waals surface area contributed by atoms with Crippen LogP contribution >= 0.6 is 0 Å². The van der Waals surface area contributed by atoms with Gasteiger partial charge in [-0.3, -0.25) is 0 Å². The van der Waals surface area contributed by atoms with E-state index >= 15 is 0 Å². The molecule has 0 radical (unpaired) electrons. The van der Waals surface area contributed by atoms with E-state index in [9.17, 15) is 4.79 Å². The smallest absolute Gasteiger partial charge is 0.317 e. The van der Waals surface area contributed by atoms with Crippen LogP contribution in [0.15, 0.2) is 36.7 Å². The number of likely N-dealkylation sites (tertiary alicyclic amines) is 1. The predicted octanol–water partition coefficient (Wildman–Crippen LogP) is 2.26. The van der Waals surface area contributed by atoms with Crippen molar-refractivity contribution in [3.05, 3.63) is 48.0 Å². The molecule has 2 aliphatic rings. The second kappa shape index (κ2) is 6.26. The first-order chi connectivity index (χ1) is 11.7. The normalized spacial score (nSPS) is 24.0. The Hall–Kier alpha value is -2.37. The first-order valence-corrected chi connectivity index (χ1v) is 8.66. The Kier molecular flexibility index (Phi) is 3.96. The summed E-state index contributed by atoms with van der Waals surface area (Å²) >= 11 is 0. The van der Waals surface area contributed by atoms with Gasteiger partial charge >= 0.3 is 6.03 Å². The molecular formula is C18H23N5O. The molecule has 126 valence electrons. The molecule has 6 heteroatoms. The van der Waals surface area contributed by atoms with Crippen molar-refractivity contribution >= 4 is 6.03 Å². The number of carbonyl (C=O) groups excluding carboxylic acids is 1. The Bertz CT molecular complexity index is 705. The number of aromatic nitrogens is 3. The monoisotopic (exact) mass is 325 g/mol. The average Bonchev–Trinajstić information content (AvgIpc) is 3.25. The van der Waals surface area contributed by atoms with Gasteiger partial charge in [0.25, 0.3) is 0 Å². The van der Waals surface area contributed by atoms with E-state index in [0.29, 0.717) is 11.8 Å². The fraction of sp³-hybridized carbons (Fsp3) is 0.500. The second-order valence-corrected chi connectivity index (χ2v) is 6.87. The zero-order valence-corrected chi connectivity index (χ0v) is 13.9. The Morgan fingerprint density at radius 3 is 2.62 bits per heavy atom. The van der Waals surface area contributed by atoms with Gasteiger partial charge in [-0.05, 0) is 24.8 Å². The Labute approximate surface area is 141 Å². The minimum atomic E-state index is 0.0786. The molecule has 0 unspecified atom stereocenters. The van der Waals surface area contributed by atoms with E-state index in [1.165, 1.54) is 5.56 Å². The molecule has 2 heterocycles. The van der Waals surface area contributed by atoms with E-state index in [1.54, 1.807) is 6.33 Å². The molecule has 0 spiro atoms. The molecule has 1 aliphatic heterocycles. The molecule has 4 rings (SSSR count). The average molecular weight is 325 g/mol. The number of hydrogen-bond acceptors (Lipinski definition) is 3. The van der Waals surface area contributed by atoms with Gasteiger partial charge in [-0.25, -0.2) is 4.79 Å². The molecule has 1 N–H and O–H groups in total. The summed E-state index contributed by atoms with van der Waals surface area (Å²) in [7, 11) is 1.98. The highest BCUT2D eigenvalue weighted by molar-refractivity contribution is 5.75. The highest BCUT2D eigenvalue weighted by Gasteiger charge is 2.40. The Morgan fingerprint density at radius 1 is 1.21 bits per heavy atom. The number of piperidine rings is 1. The molecule has 6 nitrogen and oxygen atoms in total. The molecule has 1 aromatic carbocycles. The summed E-state index contributed by atoms with van der Waals surface area (Å²) in [4.78, 5) is 14.4. The van der Waals surface area contributed by atoms with Crippen LogP contribution < -0.4 is 5.32 Å². The number of aryl methyl sites for hydroxylation is 1. The summed E-state index contributed by atoms with van der Waals surface area (Å²) in [5.74, 6) is 1.91. The number of urea groups is 1. The van der Waals surface area contributed by atoms with Gasteiger partial charge < -0.3 is 14.8 Å². The number of hydrogen-bond donors (Lipinski definition) is 1. The Morgan fingerprint density at radius 2 is 1.96 bits per heavy atom. The third-order valence-corrected chi connectivity index (χ3v) is 5.22. The van der Waals surface area contributed by atoms with E-state index in [0.717, 1.165) is 38.2 Å². The van der Waals surface area contributed by atoms with Crippen molar-refractivity contribution in [1.82, 2.24) is 25.0 Å². The van der Waals surface area contributed by atoms with Gasteiger partial charge in [0, 0.05) is 38.0 Å². The molecule has 2 atom stereocenters. The summed E-state index contributed by atoms with van der Waals surface area (Å²) in [5.41, 5.74) is 1.32. The SMILES string of the molecule is Cn1cnnc1C1CCN(C(=O)N[C@@H]2C[C@H]2c2ccccc2)CC1. The van der Waals surface area contributed by atoms with Crippen molar-refractivity contribution in [2.45, 2.75) is 37.1 Å². The van der Waals surface area contributed by atoms with Crippen molar-refractivity contribution in [2.24, 2.45) is 7.05 Å². The zero-order chi connectivity index (χ0) is 16.5. The maximum atomic E-state index is 12.5. The maximum absolute atomic E-state index is 12.5. The number of amides is 2. The van der Waals surface area contributed by atoms with E-state index < -0.39 is 0 Å². The summed E-state index contributed by atoms with van der Waals surface area (Å²) in [6, 6.07) is 10.8. The molecule has 1 aromatic heterocycles. The number of nitrogens with zero attached hydrogens (tertiary/aromatic N) is 4. The van der Waals surface area contributed by atoms with Gasteiger partial charge in [0.15, 0.2) is 0 Å². The maximum Gasteiger partial charge on any atom is 0.317 e. The van der Waals surface area contributed by atoms with Gasteiger partial charge in [-0.15, -0.1) is 10.2 Å². The molecule has 2 aromatic rings. The lowest BCUT2D eigenvalue weighted by Gasteiger charge is -2.31. The number of rotatable bonds is 3. The summed E-state index contributed by atoms with van der Waals surface area (Å²) in [6.45, 7) is 1.57. The van der Waals surface area contributed by atoms with Crippen LogP contribution in [0.3, 0.4) is 0 Å². The van der Waals surface area contributed by atoms with Crippen molar-refractivity contribution in [2.75, 3.05) is 13.1 Å². The minimum absolute atomic E-state index is 0.0786. The van der Waals surface area contributed by atoms with Gasteiger partial charge in [0.1, 0.15) is 12.2 Å². The molecule has 2 fully saturated rings. The fourth-order valence-electron chi connectivity index (χ4n) is 3.68. The van der Waals surface area contributed by atoms with E-state index in [2.05, 4.69) is 39.8 Å². The van der Waals surface area contributed by atoms with Crippen molar-refractivity contribution < 1.29 is 4.79 Å². The fourth-order valence-corrected chi connectivity index (χ4v) is 3.68. The summed E-state index contributed by atoms with van der Waals surface area (Å²) in [6.07, 6.45) is 4.69. The number of carbonyl (C=O) groups is 1. The number of benzene rings is 1. The number of nitrogens with one attached hydrogen (secondary N) is 1.